The normalized spacial score (nSPS) is 11.2. The molecule has 0 fully saturated rings. The largest absolute Gasteiger partial charge is 0.480 e. The summed E-state index contributed by atoms with van der Waals surface area (Å²) in [6.07, 6.45) is 1.66. The second-order valence-corrected chi connectivity index (χ2v) is 5.42. The average molecular weight is 376 g/mol. The summed E-state index contributed by atoms with van der Waals surface area (Å²) in [5.74, 6) is -0.538. The van der Waals surface area contributed by atoms with Crippen molar-refractivity contribution in [1.82, 2.24) is 0 Å². The van der Waals surface area contributed by atoms with Crippen LogP contribution < -0.4 is 15.5 Å². The molecule has 0 spiro atoms. The van der Waals surface area contributed by atoms with Gasteiger partial charge in [-0.05, 0) is 12.1 Å². The number of H-pyrrole nitrogens is 1. The fourth-order valence-corrected chi connectivity index (χ4v) is 2.07. The third-order valence-electron chi connectivity index (χ3n) is 2.55. The number of nitrogens with two attached hydrogens (primary N) is 1. The summed E-state index contributed by atoms with van der Waals surface area (Å²) < 4.78 is 5.20. The molecule has 1 heterocycles. The Balaban J connectivity index is 1.92. The fraction of sp³-hybridized carbons (Fsp3) is 0.0714. The first-order chi connectivity index (χ1) is 11.0. The van der Waals surface area contributed by atoms with Crippen LogP contribution in [0.4, 0.5) is 0 Å². The number of aromatic nitrogens is 1. The van der Waals surface area contributed by atoms with Gasteiger partial charge in [-0.25, -0.2) is 9.78 Å². The van der Waals surface area contributed by atoms with Crippen molar-refractivity contribution in [3.05, 3.63) is 57.3 Å². The van der Waals surface area contributed by atoms with Crippen molar-refractivity contribution in [2.45, 2.75) is 0 Å². The molecule has 1 aromatic heterocycles. The van der Waals surface area contributed by atoms with Gasteiger partial charge >= 0.3 is 5.97 Å². The van der Waals surface area contributed by atoms with Crippen molar-refractivity contribution >= 4 is 46.6 Å². The predicted octanol–water partition coefficient (Wildman–Crippen LogP) is 2.70. The van der Waals surface area contributed by atoms with E-state index in [1.54, 1.807) is 24.4 Å². The van der Waals surface area contributed by atoms with E-state index < -0.39 is 12.6 Å². The van der Waals surface area contributed by atoms with Gasteiger partial charge in [-0.3, -0.25) is 0 Å². The van der Waals surface area contributed by atoms with Crippen LogP contribution in [0.15, 0.2) is 41.7 Å². The Morgan fingerprint density at radius 3 is 2.61 bits per heavy atom. The SMILES string of the molecule is NC(=NOC(=O)COc1cc(Cl)c(Cl)cc1Cl)c1cccc[nH+]1. The number of nitrogens with zero attached hydrogens (tertiary/aromatic N) is 1. The lowest BCUT2D eigenvalue weighted by Gasteiger charge is -2.07. The van der Waals surface area contributed by atoms with Crippen molar-refractivity contribution in [2.75, 3.05) is 6.61 Å². The predicted molar refractivity (Wildman–Crippen MR) is 86.8 cm³/mol. The molecule has 120 valence electrons. The van der Waals surface area contributed by atoms with Gasteiger partial charge in [0.05, 0.1) is 15.1 Å². The molecule has 0 amide bonds. The number of amidine groups is 1. The summed E-state index contributed by atoms with van der Waals surface area (Å²) in [5.41, 5.74) is 6.17. The van der Waals surface area contributed by atoms with Gasteiger partial charge < -0.3 is 15.3 Å². The van der Waals surface area contributed by atoms with Crippen molar-refractivity contribution in [1.29, 1.82) is 0 Å². The number of carbonyl (C=O) groups is 1. The molecule has 6 nitrogen and oxygen atoms in total. The molecule has 0 aliphatic heterocycles. The highest BCUT2D eigenvalue weighted by Gasteiger charge is 2.12. The Labute approximate surface area is 146 Å². The van der Waals surface area contributed by atoms with Crippen LogP contribution in [0.5, 0.6) is 5.75 Å². The zero-order valence-electron chi connectivity index (χ0n) is 11.6. The molecule has 0 aliphatic carbocycles. The standard InChI is InChI=1S/C14H10Cl3N3O3/c15-8-5-10(17)12(6-9(8)16)22-7-13(21)23-20-14(18)11-3-1-2-4-19-11/h1-6H,7H2,(H2,18,20)/p+1. The van der Waals surface area contributed by atoms with Crippen LogP contribution in [0.2, 0.25) is 15.1 Å². The smallest absolute Gasteiger partial charge is 0.372 e. The fourth-order valence-electron chi connectivity index (χ4n) is 1.48. The second-order valence-electron chi connectivity index (χ2n) is 4.20. The molecule has 0 atom stereocenters. The van der Waals surface area contributed by atoms with Crippen LogP contribution >= 0.6 is 34.8 Å². The van der Waals surface area contributed by atoms with Gasteiger partial charge in [-0.2, -0.15) is 0 Å². The Bertz CT molecular complexity index is 739. The minimum Gasteiger partial charge on any atom is -0.480 e. The Morgan fingerprint density at radius 2 is 1.91 bits per heavy atom. The Hall–Kier alpha value is -2.02. The number of aromatic amines is 1. The van der Waals surface area contributed by atoms with E-state index in [0.29, 0.717) is 5.69 Å². The molecule has 23 heavy (non-hydrogen) atoms. The molecule has 0 unspecified atom stereocenters. The van der Waals surface area contributed by atoms with Crippen LogP contribution in [0.3, 0.4) is 0 Å². The molecule has 0 radical (unpaired) electrons. The van der Waals surface area contributed by atoms with Crippen LogP contribution in [0.25, 0.3) is 0 Å². The number of rotatable bonds is 5. The number of halogens is 3. The number of hydrogen-bond acceptors (Lipinski definition) is 4. The molecular weight excluding hydrogens is 365 g/mol. The van der Waals surface area contributed by atoms with Crippen molar-refractivity contribution in [3.8, 4) is 5.75 Å². The van der Waals surface area contributed by atoms with Crippen LogP contribution in [0, 0.1) is 0 Å². The van der Waals surface area contributed by atoms with E-state index in [9.17, 15) is 4.79 Å². The van der Waals surface area contributed by atoms with Crippen molar-refractivity contribution in [2.24, 2.45) is 10.9 Å². The summed E-state index contributed by atoms with van der Waals surface area (Å²) in [4.78, 5) is 19.1. The first-order valence-corrected chi connectivity index (χ1v) is 7.38. The molecular formula is C14H11Cl3N3O3+. The lowest BCUT2D eigenvalue weighted by atomic mass is 10.3. The highest BCUT2D eigenvalue weighted by molar-refractivity contribution is 6.43. The second kappa shape index (κ2) is 8.01. The van der Waals surface area contributed by atoms with Crippen molar-refractivity contribution in [3.63, 3.8) is 0 Å². The van der Waals surface area contributed by atoms with E-state index in [4.69, 9.17) is 45.3 Å². The van der Waals surface area contributed by atoms with Gasteiger partial charge in [-0.15, -0.1) is 0 Å². The van der Waals surface area contributed by atoms with Crippen molar-refractivity contribution < 1.29 is 19.4 Å². The van der Waals surface area contributed by atoms with Crippen LogP contribution in [-0.4, -0.2) is 18.4 Å². The minimum atomic E-state index is -0.758. The molecule has 3 N–H and O–H groups in total. The van der Waals surface area contributed by atoms with Gasteiger partial charge in [0.15, 0.2) is 12.8 Å². The highest BCUT2D eigenvalue weighted by Crippen LogP contribution is 2.33. The number of benzene rings is 1. The number of oxime groups is 1. The third kappa shape index (κ3) is 4.99. The van der Waals surface area contributed by atoms with Gasteiger partial charge in [0, 0.05) is 18.2 Å². The minimum absolute atomic E-state index is 0.0199. The summed E-state index contributed by atoms with van der Waals surface area (Å²) in [7, 11) is 0. The maximum Gasteiger partial charge on any atom is 0.372 e. The molecule has 2 rings (SSSR count). The topological polar surface area (TPSA) is 88.1 Å². The van der Waals surface area contributed by atoms with E-state index in [2.05, 4.69) is 15.0 Å². The summed E-state index contributed by atoms with van der Waals surface area (Å²) in [5, 5.41) is 4.26. The number of pyridine rings is 1. The van der Waals surface area contributed by atoms with E-state index in [-0.39, 0.29) is 26.7 Å². The van der Waals surface area contributed by atoms with E-state index >= 15 is 0 Å². The molecule has 0 saturated carbocycles. The van der Waals surface area contributed by atoms with Crippen LogP contribution in [-0.2, 0) is 9.63 Å². The summed E-state index contributed by atoms with van der Waals surface area (Å²) in [6, 6.07) is 8.02. The maximum atomic E-state index is 11.6. The van der Waals surface area contributed by atoms with Crippen LogP contribution in [0.1, 0.15) is 5.69 Å². The van der Waals surface area contributed by atoms with Gasteiger partial charge in [-0.1, -0.05) is 40.0 Å². The molecule has 9 heteroatoms. The van der Waals surface area contributed by atoms with Gasteiger partial charge in [0.25, 0.3) is 0 Å². The number of ether oxygens (including phenoxy) is 1. The lowest BCUT2D eigenvalue weighted by Crippen LogP contribution is -2.25. The zero-order valence-corrected chi connectivity index (χ0v) is 13.8. The summed E-state index contributed by atoms with van der Waals surface area (Å²) >= 11 is 17.6. The Kier molecular flexibility index (Phi) is 6.04. The average Bonchev–Trinajstić information content (AvgIpc) is 2.55. The molecule has 1 aromatic carbocycles. The number of carbonyl (C=O) groups excluding carboxylic acids is 1. The highest BCUT2D eigenvalue weighted by atomic mass is 35.5. The van der Waals surface area contributed by atoms with E-state index in [0.717, 1.165) is 0 Å². The lowest BCUT2D eigenvalue weighted by molar-refractivity contribution is -0.380. The maximum absolute atomic E-state index is 11.6. The molecule has 0 aliphatic rings. The molecule has 0 bridgehead atoms. The third-order valence-corrected chi connectivity index (χ3v) is 3.57. The number of nitrogens with one attached hydrogen (secondary N) is 1. The van der Waals surface area contributed by atoms with E-state index in [1.807, 2.05) is 0 Å². The molecule has 2 aromatic rings. The Morgan fingerprint density at radius 1 is 1.17 bits per heavy atom. The molecule has 0 saturated heterocycles. The first-order valence-electron chi connectivity index (χ1n) is 6.25. The monoisotopic (exact) mass is 374 g/mol. The summed E-state index contributed by atoms with van der Waals surface area (Å²) in [6.45, 7) is -0.424. The first kappa shape index (κ1) is 17.3. The number of hydrogen-bond donors (Lipinski definition) is 1. The van der Waals surface area contributed by atoms with Gasteiger partial charge in [0.2, 0.25) is 11.5 Å². The van der Waals surface area contributed by atoms with E-state index in [1.165, 1.54) is 12.1 Å². The quantitative estimate of drug-likeness (QED) is 0.286. The zero-order chi connectivity index (χ0) is 16.8. The van der Waals surface area contributed by atoms with Gasteiger partial charge in [0.1, 0.15) is 5.75 Å².